The summed E-state index contributed by atoms with van der Waals surface area (Å²) in [7, 11) is 0. The Kier molecular flexibility index (Phi) is 29.8. The molecule has 15 heteroatoms. The number of carbonyl (C=O) groups excluding carboxylic acids is 2. The first-order valence-electron chi connectivity index (χ1n) is 22.8. The van der Waals surface area contributed by atoms with E-state index < -0.39 is 99.3 Å². The lowest BCUT2D eigenvalue weighted by atomic mass is 9.98. The Morgan fingerprint density at radius 1 is 0.525 bits per heavy atom. The topological polar surface area (TPSA) is 231 Å². The van der Waals surface area contributed by atoms with E-state index in [2.05, 4.69) is 19.9 Å². The highest BCUT2D eigenvalue weighted by Gasteiger charge is 2.47. The van der Waals surface area contributed by atoms with Crippen LogP contribution in [-0.4, -0.2) is 142 Å². The Morgan fingerprint density at radius 2 is 1.00 bits per heavy atom. The lowest BCUT2D eigenvalue weighted by Gasteiger charge is -2.42. The van der Waals surface area contributed by atoms with Gasteiger partial charge < -0.3 is 64.2 Å². The van der Waals surface area contributed by atoms with Crippen LogP contribution >= 0.6 is 0 Å². The maximum Gasteiger partial charge on any atom is 0.306 e. The Morgan fingerprint density at radius 3 is 1.56 bits per heavy atom. The van der Waals surface area contributed by atoms with Crippen molar-refractivity contribution in [1.29, 1.82) is 0 Å². The molecular formula is C44H80O15. The van der Waals surface area contributed by atoms with Gasteiger partial charge in [0.15, 0.2) is 18.7 Å². The van der Waals surface area contributed by atoms with E-state index in [1.54, 1.807) is 0 Å². The van der Waals surface area contributed by atoms with Gasteiger partial charge in [-0.3, -0.25) is 9.59 Å². The number of allylic oxidation sites excluding steroid dienone is 2. The van der Waals surface area contributed by atoms with E-state index in [0.29, 0.717) is 12.8 Å². The number of unbranched alkanes of at least 4 members (excludes halogenated alkanes) is 18. The molecule has 2 heterocycles. The highest BCUT2D eigenvalue weighted by molar-refractivity contribution is 5.70. The second-order valence-electron chi connectivity index (χ2n) is 16.2. The highest BCUT2D eigenvalue weighted by atomic mass is 16.7. The van der Waals surface area contributed by atoms with Crippen molar-refractivity contribution in [2.75, 3.05) is 26.4 Å². The third-order valence-electron chi connectivity index (χ3n) is 11.0. The van der Waals surface area contributed by atoms with E-state index in [9.17, 15) is 45.3 Å². The smallest absolute Gasteiger partial charge is 0.306 e. The second kappa shape index (κ2) is 32.9. The number of ether oxygens (including phenoxy) is 6. The standard InChI is InChI=1S/C44H80O15/c1-3-5-7-9-11-13-14-15-16-17-18-19-21-23-25-27-36(47)57-32(29-54-35(46)26-24-22-20-12-10-8-6-4-2)30-55-43-42(53)40(51)38(49)34(59-43)31-56-44-41(52)39(50)37(48)33(28-45)58-44/h21,23,32-34,37-45,48-53H,3-20,22,24-31H2,1-2H3/b23-21+/t32-,33-,34-,37+,38+,39?,40?,41?,42?,43-,44-/m1/s1. The van der Waals surface area contributed by atoms with Crippen molar-refractivity contribution in [2.45, 2.75) is 229 Å². The van der Waals surface area contributed by atoms with Crippen molar-refractivity contribution in [2.24, 2.45) is 0 Å². The lowest BCUT2D eigenvalue weighted by molar-refractivity contribution is -0.332. The fourth-order valence-corrected chi connectivity index (χ4v) is 7.17. The summed E-state index contributed by atoms with van der Waals surface area (Å²) in [4.78, 5) is 25.5. The van der Waals surface area contributed by atoms with Crippen LogP contribution < -0.4 is 0 Å². The zero-order chi connectivity index (χ0) is 43.3. The number of esters is 2. The van der Waals surface area contributed by atoms with Gasteiger partial charge in [-0.25, -0.2) is 0 Å². The fourth-order valence-electron chi connectivity index (χ4n) is 7.17. The molecule has 59 heavy (non-hydrogen) atoms. The number of hydrogen-bond acceptors (Lipinski definition) is 15. The number of carbonyl (C=O) groups is 2. The molecule has 2 fully saturated rings. The minimum atomic E-state index is -1.76. The van der Waals surface area contributed by atoms with Crippen molar-refractivity contribution in [3.05, 3.63) is 12.2 Å². The summed E-state index contributed by atoms with van der Waals surface area (Å²) in [6, 6.07) is 0. The van der Waals surface area contributed by atoms with Crippen molar-refractivity contribution in [3.63, 3.8) is 0 Å². The molecule has 0 aromatic rings. The lowest BCUT2D eigenvalue weighted by Crippen LogP contribution is -2.61. The van der Waals surface area contributed by atoms with Crippen LogP contribution in [0, 0.1) is 0 Å². The summed E-state index contributed by atoms with van der Waals surface area (Å²) in [5.41, 5.74) is 0. The first kappa shape index (κ1) is 53.4. The van der Waals surface area contributed by atoms with Gasteiger partial charge in [-0.2, -0.15) is 0 Å². The molecule has 0 aliphatic carbocycles. The molecule has 2 saturated heterocycles. The van der Waals surface area contributed by atoms with Crippen molar-refractivity contribution >= 4 is 11.9 Å². The van der Waals surface area contributed by atoms with E-state index in [-0.39, 0.29) is 19.4 Å². The van der Waals surface area contributed by atoms with Crippen molar-refractivity contribution in [3.8, 4) is 0 Å². The molecule has 4 unspecified atom stereocenters. The number of hydrogen-bond donors (Lipinski definition) is 7. The third kappa shape index (κ3) is 22.2. The van der Waals surface area contributed by atoms with Gasteiger partial charge in [-0.15, -0.1) is 0 Å². The molecule has 0 amide bonds. The molecule has 0 saturated carbocycles. The molecule has 2 aliphatic rings. The Bertz CT molecular complexity index is 1090. The second-order valence-corrected chi connectivity index (χ2v) is 16.2. The van der Waals surface area contributed by atoms with E-state index in [1.165, 1.54) is 89.9 Å². The summed E-state index contributed by atoms with van der Waals surface area (Å²) in [5.74, 6) is -0.983. The fraction of sp³-hybridized carbons (Fsp3) is 0.909. The molecule has 11 atom stereocenters. The maximum absolute atomic E-state index is 12.9. The number of aliphatic hydroxyl groups excluding tert-OH is 7. The van der Waals surface area contributed by atoms with Crippen molar-refractivity contribution in [1.82, 2.24) is 0 Å². The molecule has 2 aliphatic heterocycles. The minimum absolute atomic E-state index is 0.0856. The van der Waals surface area contributed by atoms with Crippen LogP contribution in [0.5, 0.6) is 0 Å². The van der Waals surface area contributed by atoms with Crippen molar-refractivity contribution < 1.29 is 73.8 Å². The van der Waals surface area contributed by atoms with Gasteiger partial charge in [0.05, 0.1) is 19.8 Å². The third-order valence-corrected chi connectivity index (χ3v) is 11.0. The minimum Gasteiger partial charge on any atom is -0.462 e. The van der Waals surface area contributed by atoms with Gasteiger partial charge in [0, 0.05) is 12.8 Å². The van der Waals surface area contributed by atoms with Gasteiger partial charge in [-0.1, -0.05) is 135 Å². The molecule has 7 N–H and O–H groups in total. The Labute approximate surface area is 352 Å². The molecule has 346 valence electrons. The molecule has 0 spiro atoms. The van der Waals surface area contributed by atoms with E-state index in [4.69, 9.17) is 28.4 Å². The first-order valence-corrected chi connectivity index (χ1v) is 22.8. The molecule has 2 rings (SSSR count). The molecule has 15 nitrogen and oxygen atoms in total. The normalized spacial score (nSPS) is 27.9. The summed E-state index contributed by atoms with van der Waals surface area (Å²) >= 11 is 0. The molecule has 0 aromatic heterocycles. The first-order chi connectivity index (χ1) is 28.5. The predicted molar refractivity (Wildman–Crippen MR) is 220 cm³/mol. The van der Waals surface area contributed by atoms with Gasteiger partial charge in [-0.05, 0) is 25.7 Å². The zero-order valence-electron chi connectivity index (χ0n) is 36.0. The average Bonchev–Trinajstić information content (AvgIpc) is 3.23. The predicted octanol–water partition coefficient (Wildman–Crippen LogP) is 4.65. The summed E-state index contributed by atoms with van der Waals surface area (Å²) in [6.45, 7) is 2.50. The highest BCUT2D eigenvalue weighted by Crippen LogP contribution is 2.26. The zero-order valence-corrected chi connectivity index (χ0v) is 36.0. The van der Waals surface area contributed by atoms with Crippen LogP contribution in [0.2, 0.25) is 0 Å². The molecule has 0 bridgehead atoms. The summed E-state index contributed by atoms with van der Waals surface area (Å²) in [5, 5.41) is 71.7. The van der Waals surface area contributed by atoms with E-state index in [1.807, 2.05) is 6.08 Å². The Balaban J connectivity index is 1.86. The number of aliphatic hydroxyl groups is 7. The van der Waals surface area contributed by atoms with Gasteiger partial charge in [0.2, 0.25) is 0 Å². The van der Waals surface area contributed by atoms with Gasteiger partial charge in [0.25, 0.3) is 0 Å². The number of rotatable bonds is 34. The van der Waals surface area contributed by atoms with E-state index >= 15 is 0 Å². The van der Waals surface area contributed by atoms with Crippen LogP contribution in [0.4, 0.5) is 0 Å². The average molecular weight is 849 g/mol. The Hall–Kier alpha value is -1.76. The van der Waals surface area contributed by atoms with Crippen LogP contribution in [-0.2, 0) is 38.0 Å². The monoisotopic (exact) mass is 849 g/mol. The summed E-state index contributed by atoms with van der Waals surface area (Å²) < 4.78 is 33.3. The van der Waals surface area contributed by atoms with E-state index in [0.717, 1.165) is 32.1 Å². The summed E-state index contributed by atoms with van der Waals surface area (Å²) in [6.07, 6.45) is 11.5. The molecular weight excluding hydrogens is 768 g/mol. The SMILES string of the molecule is CCCCCCCCCCCCC/C=C/CCC(=O)O[C@H](COC(=O)CCCCCCCCCC)CO[C@@H]1O[C@H](CO[C@@H]2O[C@H](CO)[C@H](O)C(O)C2O)[C@H](O)C(O)C1O. The quantitative estimate of drug-likeness (QED) is 0.0266. The van der Waals surface area contributed by atoms with Crippen LogP contribution in [0.1, 0.15) is 162 Å². The van der Waals surface area contributed by atoms with Gasteiger partial charge in [0.1, 0.15) is 55.4 Å². The van der Waals surface area contributed by atoms with Gasteiger partial charge >= 0.3 is 11.9 Å². The maximum atomic E-state index is 12.9. The van der Waals surface area contributed by atoms with Crippen LogP contribution in [0.25, 0.3) is 0 Å². The van der Waals surface area contributed by atoms with Crippen LogP contribution in [0.15, 0.2) is 12.2 Å². The van der Waals surface area contributed by atoms with Crippen LogP contribution in [0.3, 0.4) is 0 Å². The largest absolute Gasteiger partial charge is 0.462 e. The molecule has 0 radical (unpaired) electrons. The molecule has 0 aromatic carbocycles.